The lowest BCUT2D eigenvalue weighted by Crippen LogP contribution is -2.33. The summed E-state index contributed by atoms with van der Waals surface area (Å²) in [6.07, 6.45) is 1.30. The van der Waals surface area contributed by atoms with Gasteiger partial charge < -0.3 is 19.4 Å². The molecule has 6 nitrogen and oxygen atoms in total. The molecule has 0 aliphatic heterocycles. The normalized spacial score (nSPS) is 12.9. The number of ether oxygens (including phenoxy) is 1. The molecule has 1 unspecified atom stereocenters. The molecular formula is C18H23N3O3. The Hall–Kier alpha value is -2.31. The second-order valence-corrected chi connectivity index (χ2v) is 6.16. The Kier molecular flexibility index (Phi) is 4.87. The van der Waals surface area contributed by atoms with Gasteiger partial charge in [-0.1, -0.05) is 11.2 Å². The van der Waals surface area contributed by atoms with Gasteiger partial charge in [-0.3, -0.25) is 4.90 Å². The molecule has 1 aromatic carbocycles. The van der Waals surface area contributed by atoms with Crippen LogP contribution in [0.3, 0.4) is 0 Å². The second kappa shape index (κ2) is 7.07. The highest BCUT2D eigenvalue weighted by Crippen LogP contribution is 2.24. The van der Waals surface area contributed by atoms with Gasteiger partial charge >= 0.3 is 0 Å². The molecule has 0 saturated heterocycles. The number of hydrogen-bond acceptors (Lipinski definition) is 5. The SMILES string of the molecule is Cc1noc(C)c1CN(C)CC(O)COc1cccc2[nH]ccc12. The van der Waals surface area contributed by atoms with E-state index >= 15 is 0 Å². The summed E-state index contributed by atoms with van der Waals surface area (Å²) >= 11 is 0. The van der Waals surface area contributed by atoms with Crippen molar-refractivity contribution >= 4 is 10.9 Å². The lowest BCUT2D eigenvalue weighted by Gasteiger charge is -2.20. The Bertz CT molecular complexity index is 789. The number of aromatic nitrogens is 2. The third-order valence-corrected chi connectivity index (χ3v) is 4.12. The number of nitrogens with zero attached hydrogens (tertiary/aromatic N) is 2. The van der Waals surface area contributed by atoms with E-state index < -0.39 is 6.10 Å². The predicted molar refractivity (Wildman–Crippen MR) is 92.1 cm³/mol. The van der Waals surface area contributed by atoms with Crippen molar-refractivity contribution in [3.8, 4) is 5.75 Å². The molecule has 0 bridgehead atoms. The molecule has 2 N–H and O–H groups in total. The molecule has 0 radical (unpaired) electrons. The molecule has 0 aliphatic carbocycles. The van der Waals surface area contributed by atoms with Crippen molar-refractivity contribution in [2.24, 2.45) is 0 Å². The highest BCUT2D eigenvalue weighted by Gasteiger charge is 2.15. The maximum atomic E-state index is 10.3. The van der Waals surface area contributed by atoms with E-state index in [9.17, 15) is 5.11 Å². The Morgan fingerprint density at radius 1 is 1.33 bits per heavy atom. The Morgan fingerprint density at radius 2 is 2.17 bits per heavy atom. The van der Waals surface area contributed by atoms with E-state index in [0.717, 1.165) is 33.7 Å². The molecule has 0 saturated carbocycles. The zero-order valence-corrected chi connectivity index (χ0v) is 14.2. The number of benzene rings is 1. The van der Waals surface area contributed by atoms with Crippen LogP contribution in [0.15, 0.2) is 35.0 Å². The highest BCUT2D eigenvalue weighted by atomic mass is 16.5. The standard InChI is InChI=1S/C18H23N3O3/c1-12-16(13(2)24-20-12)10-21(3)9-14(22)11-23-18-6-4-5-17-15(18)7-8-19-17/h4-8,14,19,22H,9-11H2,1-3H3. The molecule has 24 heavy (non-hydrogen) atoms. The minimum Gasteiger partial charge on any atom is -0.490 e. The fraction of sp³-hybridized carbons (Fsp3) is 0.389. The third-order valence-electron chi connectivity index (χ3n) is 4.12. The quantitative estimate of drug-likeness (QED) is 0.697. The van der Waals surface area contributed by atoms with Crippen LogP contribution in [0.4, 0.5) is 0 Å². The fourth-order valence-electron chi connectivity index (χ4n) is 2.84. The van der Waals surface area contributed by atoms with Crippen molar-refractivity contribution in [3.05, 3.63) is 47.5 Å². The first-order valence-electron chi connectivity index (χ1n) is 8.02. The smallest absolute Gasteiger partial charge is 0.138 e. The molecule has 6 heteroatoms. The number of aromatic amines is 1. The first kappa shape index (κ1) is 16.5. The topological polar surface area (TPSA) is 74.5 Å². The van der Waals surface area contributed by atoms with Gasteiger partial charge in [-0.15, -0.1) is 0 Å². The minimum absolute atomic E-state index is 0.246. The second-order valence-electron chi connectivity index (χ2n) is 6.16. The van der Waals surface area contributed by atoms with Crippen LogP contribution in [0.2, 0.25) is 0 Å². The average Bonchev–Trinajstić information content (AvgIpc) is 3.15. The summed E-state index contributed by atoms with van der Waals surface area (Å²) in [6.45, 7) is 5.27. The molecule has 3 aromatic rings. The van der Waals surface area contributed by atoms with E-state index in [1.54, 1.807) is 0 Å². The maximum Gasteiger partial charge on any atom is 0.138 e. The van der Waals surface area contributed by atoms with Gasteiger partial charge in [0.25, 0.3) is 0 Å². The Morgan fingerprint density at radius 3 is 2.92 bits per heavy atom. The van der Waals surface area contributed by atoms with Crippen molar-refractivity contribution in [2.75, 3.05) is 20.2 Å². The number of H-pyrrole nitrogens is 1. The average molecular weight is 329 g/mol. The van der Waals surface area contributed by atoms with E-state index in [0.29, 0.717) is 13.1 Å². The number of likely N-dealkylation sites (N-methyl/N-ethyl adjacent to an activating group) is 1. The molecule has 0 aliphatic rings. The van der Waals surface area contributed by atoms with E-state index in [2.05, 4.69) is 10.1 Å². The van der Waals surface area contributed by atoms with Gasteiger partial charge in [0.1, 0.15) is 24.2 Å². The fourth-order valence-corrected chi connectivity index (χ4v) is 2.84. The molecular weight excluding hydrogens is 306 g/mol. The number of aryl methyl sites for hydroxylation is 2. The summed E-state index contributed by atoms with van der Waals surface area (Å²) in [5.41, 5.74) is 2.99. The number of fused-ring (bicyclic) bond motifs is 1. The van der Waals surface area contributed by atoms with Crippen LogP contribution in [-0.4, -0.2) is 46.5 Å². The molecule has 0 spiro atoms. The van der Waals surface area contributed by atoms with E-state index in [4.69, 9.17) is 9.26 Å². The van der Waals surface area contributed by atoms with Gasteiger partial charge in [0.15, 0.2) is 0 Å². The van der Waals surface area contributed by atoms with Crippen LogP contribution >= 0.6 is 0 Å². The summed E-state index contributed by atoms with van der Waals surface area (Å²) in [6, 6.07) is 7.82. The molecule has 2 heterocycles. The molecule has 3 rings (SSSR count). The van der Waals surface area contributed by atoms with E-state index in [-0.39, 0.29) is 6.61 Å². The monoisotopic (exact) mass is 329 g/mol. The first-order chi connectivity index (χ1) is 11.5. The van der Waals surface area contributed by atoms with E-state index in [1.165, 1.54) is 0 Å². The molecule has 1 atom stereocenters. The summed E-state index contributed by atoms with van der Waals surface area (Å²) < 4.78 is 11.0. The maximum absolute atomic E-state index is 10.3. The molecule has 2 aromatic heterocycles. The predicted octanol–water partition coefficient (Wildman–Crippen LogP) is 2.64. The van der Waals surface area contributed by atoms with Crippen molar-refractivity contribution in [2.45, 2.75) is 26.5 Å². The van der Waals surface area contributed by atoms with Gasteiger partial charge in [-0.05, 0) is 39.1 Å². The molecule has 0 amide bonds. The lowest BCUT2D eigenvalue weighted by atomic mass is 10.2. The summed E-state index contributed by atoms with van der Waals surface area (Å²) in [7, 11) is 1.96. The van der Waals surface area contributed by atoms with E-state index in [1.807, 2.05) is 56.3 Å². The lowest BCUT2D eigenvalue weighted by molar-refractivity contribution is 0.0748. The van der Waals surface area contributed by atoms with Crippen LogP contribution in [-0.2, 0) is 6.54 Å². The minimum atomic E-state index is -0.579. The van der Waals surface area contributed by atoms with Crippen LogP contribution in [0.25, 0.3) is 10.9 Å². The van der Waals surface area contributed by atoms with Crippen LogP contribution in [0.1, 0.15) is 17.0 Å². The number of hydrogen-bond donors (Lipinski definition) is 2. The largest absolute Gasteiger partial charge is 0.490 e. The van der Waals surface area contributed by atoms with Gasteiger partial charge in [-0.2, -0.15) is 0 Å². The zero-order chi connectivity index (χ0) is 17.1. The van der Waals surface area contributed by atoms with Gasteiger partial charge in [0.2, 0.25) is 0 Å². The Labute approximate surface area is 141 Å². The van der Waals surface area contributed by atoms with Crippen LogP contribution < -0.4 is 4.74 Å². The van der Waals surface area contributed by atoms with Gasteiger partial charge in [-0.25, -0.2) is 0 Å². The third kappa shape index (κ3) is 3.60. The summed E-state index contributed by atoms with van der Waals surface area (Å²) in [4.78, 5) is 5.19. The summed E-state index contributed by atoms with van der Waals surface area (Å²) in [5.74, 6) is 1.60. The van der Waals surface area contributed by atoms with Crippen molar-refractivity contribution < 1.29 is 14.4 Å². The van der Waals surface area contributed by atoms with Crippen LogP contribution in [0, 0.1) is 13.8 Å². The molecule has 0 fully saturated rings. The van der Waals surface area contributed by atoms with Gasteiger partial charge in [0, 0.05) is 35.8 Å². The van der Waals surface area contributed by atoms with Crippen molar-refractivity contribution in [1.82, 2.24) is 15.0 Å². The Balaban J connectivity index is 1.54. The highest BCUT2D eigenvalue weighted by molar-refractivity contribution is 5.85. The summed E-state index contributed by atoms with van der Waals surface area (Å²) in [5, 5.41) is 15.2. The molecule has 128 valence electrons. The number of nitrogens with one attached hydrogen (secondary N) is 1. The number of rotatable bonds is 7. The van der Waals surface area contributed by atoms with Crippen molar-refractivity contribution in [3.63, 3.8) is 0 Å². The van der Waals surface area contributed by atoms with Gasteiger partial charge in [0.05, 0.1) is 5.69 Å². The van der Waals surface area contributed by atoms with Crippen LogP contribution in [0.5, 0.6) is 5.75 Å². The zero-order valence-electron chi connectivity index (χ0n) is 14.2. The number of aliphatic hydroxyl groups is 1. The number of aliphatic hydroxyl groups excluding tert-OH is 1. The van der Waals surface area contributed by atoms with Crippen molar-refractivity contribution in [1.29, 1.82) is 0 Å². The first-order valence-corrected chi connectivity index (χ1v) is 8.02.